The van der Waals surface area contributed by atoms with Crippen molar-refractivity contribution in [1.29, 1.82) is 0 Å². The zero-order valence-corrected chi connectivity index (χ0v) is 12.0. The van der Waals surface area contributed by atoms with Gasteiger partial charge in [0.15, 0.2) is 0 Å². The van der Waals surface area contributed by atoms with Gasteiger partial charge in [-0.15, -0.1) is 0 Å². The topological polar surface area (TPSA) is 49.8 Å². The van der Waals surface area contributed by atoms with Crippen LogP contribution in [0.4, 0.5) is 0 Å². The van der Waals surface area contributed by atoms with Crippen LogP contribution in [-0.4, -0.2) is 48.6 Å². The van der Waals surface area contributed by atoms with Gasteiger partial charge in [0.05, 0.1) is 0 Å². The molecule has 4 nitrogen and oxygen atoms in total. The Morgan fingerprint density at radius 3 is 2.85 bits per heavy atom. The predicted molar refractivity (Wildman–Crippen MR) is 78.2 cm³/mol. The average molecular weight is 277 g/mol. The number of carbonyl (C=O) groups excluding carboxylic acids is 1. The molecule has 2 atom stereocenters. The van der Waals surface area contributed by atoms with Crippen molar-refractivity contribution in [3.05, 3.63) is 29.8 Å². The van der Waals surface area contributed by atoms with Gasteiger partial charge in [-0.1, -0.05) is 6.92 Å². The highest BCUT2D eigenvalue weighted by molar-refractivity contribution is 5.74. The van der Waals surface area contributed by atoms with E-state index in [1.54, 1.807) is 24.3 Å². The number of hydrogen-bond acceptors (Lipinski definition) is 4. The summed E-state index contributed by atoms with van der Waals surface area (Å²) in [5.74, 6) is 1.40. The van der Waals surface area contributed by atoms with Crippen LogP contribution in [-0.2, 0) is 0 Å². The van der Waals surface area contributed by atoms with E-state index in [0.29, 0.717) is 23.8 Å². The number of likely N-dealkylation sites (tertiary alicyclic amines) is 1. The largest absolute Gasteiger partial charge is 0.491 e. The molecule has 1 aromatic carbocycles. The van der Waals surface area contributed by atoms with Gasteiger partial charge >= 0.3 is 0 Å². The van der Waals surface area contributed by atoms with Gasteiger partial charge < -0.3 is 14.7 Å². The molecule has 2 unspecified atom stereocenters. The highest BCUT2D eigenvalue weighted by atomic mass is 16.5. The fourth-order valence-corrected chi connectivity index (χ4v) is 2.64. The molecule has 1 aliphatic rings. The van der Waals surface area contributed by atoms with E-state index < -0.39 is 6.10 Å². The van der Waals surface area contributed by atoms with Crippen molar-refractivity contribution >= 4 is 6.29 Å². The summed E-state index contributed by atoms with van der Waals surface area (Å²) in [6.07, 6.45) is 2.82. The van der Waals surface area contributed by atoms with Crippen LogP contribution in [0.25, 0.3) is 0 Å². The number of nitrogens with zero attached hydrogens (tertiary/aromatic N) is 1. The zero-order chi connectivity index (χ0) is 14.4. The third-order valence-corrected chi connectivity index (χ3v) is 3.67. The van der Waals surface area contributed by atoms with Gasteiger partial charge in [0.2, 0.25) is 0 Å². The molecule has 0 spiro atoms. The van der Waals surface area contributed by atoms with Crippen LogP contribution in [0.1, 0.15) is 30.1 Å². The molecule has 20 heavy (non-hydrogen) atoms. The molecule has 1 aliphatic heterocycles. The molecule has 4 heteroatoms. The first-order valence-electron chi connectivity index (χ1n) is 7.26. The standard InChI is InChI=1S/C16H23NO3/c1-13-3-2-8-17(9-13)10-15(19)12-20-16-6-4-14(11-18)5-7-16/h4-7,11,13,15,19H,2-3,8-10,12H2,1H3. The van der Waals surface area contributed by atoms with Crippen LogP contribution in [0.15, 0.2) is 24.3 Å². The van der Waals surface area contributed by atoms with Crippen molar-refractivity contribution in [2.24, 2.45) is 5.92 Å². The van der Waals surface area contributed by atoms with E-state index in [4.69, 9.17) is 4.74 Å². The number of hydrogen-bond donors (Lipinski definition) is 1. The number of β-amino-alcohol motifs (C(OH)–C–C–N with tert-alkyl or cyclic N) is 1. The fourth-order valence-electron chi connectivity index (χ4n) is 2.64. The first-order valence-corrected chi connectivity index (χ1v) is 7.26. The number of benzene rings is 1. The van der Waals surface area contributed by atoms with Crippen LogP contribution in [0.2, 0.25) is 0 Å². The van der Waals surface area contributed by atoms with Crippen molar-refractivity contribution in [2.75, 3.05) is 26.2 Å². The summed E-state index contributed by atoms with van der Waals surface area (Å²) in [5, 5.41) is 10.0. The molecule has 1 fully saturated rings. The SMILES string of the molecule is CC1CCCN(CC(O)COc2ccc(C=O)cc2)C1. The summed E-state index contributed by atoms with van der Waals surface area (Å²) in [6, 6.07) is 6.92. The van der Waals surface area contributed by atoms with Gasteiger partial charge in [-0.05, 0) is 49.6 Å². The van der Waals surface area contributed by atoms with Crippen LogP contribution in [0, 0.1) is 5.92 Å². The number of aliphatic hydroxyl groups is 1. The smallest absolute Gasteiger partial charge is 0.150 e. The van der Waals surface area contributed by atoms with E-state index in [1.165, 1.54) is 12.8 Å². The van der Waals surface area contributed by atoms with Crippen LogP contribution < -0.4 is 4.74 Å². The first-order chi connectivity index (χ1) is 9.67. The molecule has 0 aromatic heterocycles. The Kier molecular flexibility index (Phi) is 5.56. The lowest BCUT2D eigenvalue weighted by molar-refractivity contribution is 0.0537. The monoisotopic (exact) mass is 277 g/mol. The minimum Gasteiger partial charge on any atom is -0.491 e. The summed E-state index contributed by atoms with van der Waals surface area (Å²) in [6.45, 7) is 5.33. The lowest BCUT2D eigenvalue weighted by Crippen LogP contribution is -2.41. The molecule has 1 saturated heterocycles. The molecule has 0 bridgehead atoms. The number of rotatable bonds is 6. The molecular weight excluding hydrogens is 254 g/mol. The van der Waals surface area contributed by atoms with Crippen molar-refractivity contribution in [2.45, 2.75) is 25.9 Å². The molecule has 1 aromatic rings. The second-order valence-electron chi connectivity index (χ2n) is 5.66. The predicted octanol–water partition coefficient (Wildman–Crippen LogP) is 1.97. The minimum atomic E-state index is -0.481. The highest BCUT2D eigenvalue weighted by Crippen LogP contribution is 2.16. The van der Waals surface area contributed by atoms with E-state index in [-0.39, 0.29) is 6.61 Å². The average Bonchev–Trinajstić information content (AvgIpc) is 2.46. The Morgan fingerprint density at radius 1 is 1.45 bits per heavy atom. The Labute approximate surface area is 120 Å². The Morgan fingerprint density at radius 2 is 2.20 bits per heavy atom. The van der Waals surface area contributed by atoms with Crippen LogP contribution >= 0.6 is 0 Å². The third kappa shape index (κ3) is 4.62. The lowest BCUT2D eigenvalue weighted by Gasteiger charge is -2.32. The van der Waals surface area contributed by atoms with Crippen LogP contribution in [0.3, 0.4) is 0 Å². The lowest BCUT2D eigenvalue weighted by atomic mass is 10.0. The molecule has 1 heterocycles. The molecule has 2 rings (SSSR count). The number of carbonyl (C=O) groups is 1. The summed E-state index contributed by atoms with van der Waals surface area (Å²) in [4.78, 5) is 12.8. The fraction of sp³-hybridized carbons (Fsp3) is 0.562. The number of aldehydes is 1. The number of ether oxygens (including phenoxy) is 1. The van der Waals surface area contributed by atoms with Gasteiger partial charge in [-0.3, -0.25) is 4.79 Å². The zero-order valence-electron chi connectivity index (χ0n) is 12.0. The quantitative estimate of drug-likeness (QED) is 0.808. The summed E-state index contributed by atoms with van der Waals surface area (Å²) in [5.41, 5.74) is 0.625. The van der Waals surface area contributed by atoms with E-state index in [0.717, 1.165) is 19.4 Å². The van der Waals surface area contributed by atoms with Crippen molar-refractivity contribution in [1.82, 2.24) is 4.90 Å². The van der Waals surface area contributed by atoms with Gasteiger partial charge in [-0.2, -0.15) is 0 Å². The molecule has 1 N–H and O–H groups in total. The van der Waals surface area contributed by atoms with E-state index in [2.05, 4.69) is 11.8 Å². The van der Waals surface area contributed by atoms with Crippen molar-refractivity contribution in [3.63, 3.8) is 0 Å². The Hall–Kier alpha value is -1.39. The van der Waals surface area contributed by atoms with Crippen molar-refractivity contribution < 1.29 is 14.6 Å². The maximum Gasteiger partial charge on any atom is 0.150 e. The molecule has 110 valence electrons. The van der Waals surface area contributed by atoms with Gasteiger partial charge in [-0.25, -0.2) is 0 Å². The minimum absolute atomic E-state index is 0.283. The van der Waals surface area contributed by atoms with Crippen LogP contribution in [0.5, 0.6) is 5.75 Å². The second kappa shape index (κ2) is 7.41. The maximum absolute atomic E-state index is 10.5. The number of piperidine rings is 1. The van der Waals surface area contributed by atoms with E-state index in [1.807, 2.05) is 0 Å². The summed E-state index contributed by atoms with van der Waals surface area (Å²) < 4.78 is 5.54. The molecule has 0 radical (unpaired) electrons. The van der Waals surface area contributed by atoms with Crippen molar-refractivity contribution in [3.8, 4) is 5.75 Å². The Balaban J connectivity index is 1.73. The molecule has 0 amide bonds. The van der Waals surface area contributed by atoms with Gasteiger partial charge in [0.1, 0.15) is 24.7 Å². The third-order valence-electron chi connectivity index (χ3n) is 3.67. The highest BCUT2D eigenvalue weighted by Gasteiger charge is 2.19. The van der Waals surface area contributed by atoms with Gasteiger partial charge in [0.25, 0.3) is 0 Å². The maximum atomic E-state index is 10.5. The van der Waals surface area contributed by atoms with Gasteiger partial charge in [0, 0.05) is 18.7 Å². The van der Waals surface area contributed by atoms with E-state index in [9.17, 15) is 9.90 Å². The molecule has 0 aliphatic carbocycles. The van der Waals surface area contributed by atoms with E-state index >= 15 is 0 Å². The summed E-state index contributed by atoms with van der Waals surface area (Å²) in [7, 11) is 0. The first kappa shape index (κ1) is 15.0. The number of aliphatic hydroxyl groups excluding tert-OH is 1. The Bertz CT molecular complexity index is 418. The molecular formula is C16H23NO3. The second-order valence-corrected chi connectivity index (χ2v) is 5.66. The summed E-state index contributed by atoms with van der Waals surface area (Å²) >= 11 is 0. The normalized spacial score (nSPS) is 21.4. The molecule has 0 saturated carbocycles.